The molecule has 1 rings (SSSR count). The van der Waals surface area contributed by atoms with Crippen molar-refractivity contribution in [1.82, 2.24) is 5.32 Å². The maximum Gasteiger partial charge on any atom is 0.416 e. The molecule has 0 saturated heterocycles. The van der Waals surface area contributed by atoms with Crippen molar-refractivity contribution in [3.8, 4) is 0 Å². The fourth-order valence-electron chi connectivity index (χ4n) is 1.48. The van der Waals surface area contributed by atoms with Gasteiger partial charge in [0.15, 0.2) is 0 Å². The van der Waals surface area contributed by atoms with Gasteiger partial charge in [-0.1, -0.05) is 6.92 Å². The summed E-state index contributed by atoms with van der Waals surface area (Å²) >= 11 is 1.61. The highest BCUT2D eigenvalue weighted by atomic mass is 32.2. The molecule has 1 amide bonds. The number of hydrogen-bond acceptors (Lipinski definition) is 2. The van der Waals surface area contributed by atoms with Crippen LogP contribution in [-0.2, 0) is 6.18 Å². The van der Waals surface area contributed by atoms with Crippen LogP contribution in [0, 0.1) is 5.82 Å². The molecule has 0 bridgehead atoms. The second-order valence-corrected chi connectivity index (χ2v) is 5.56. The number of benzene rings is 1. The fourth-order valence-corrected chi connectivity index (χ4v) is 1.83. The van der Waals surface area contributed by atoms with Gasteiger partial charge in [-0.3, -0.25) is 4.79 Å². The van der Waals surface area contributed by atoms with E-state index in [4.69, 9.17) is 0 Å². The van der Waals surface area contributed by atoms with Gasteiger partial charge in [-0.25, -0.2) is 4.39 Å². The van der Waals surface area contributed by atoms with Crippen molar-refractivity contribution in [3.05, 3.63) is 35.1 Å². The van der Waals surface area contributed by atoms with Gasteiger partial charge in [0, 0.05) is 11.8 Å². The van der Waals surface area contributed by atoms with E-state index >= 15 is 0 Å². The Morgan fingerprint density at radius 1 is 1.40 bits per heavy atom. The van der Waals surface area contributed by atoms with Gasteiger partial charge in [0.25, 0.3) is 5.91 Å². The van der Waals surface area contributed by atoms with Crippen LogP contribution in [0.1, 0.15) is 29.3 Å². The molecule has 20 heavy (non-hydrogen) atoms. The van der Waals surface area contributed by atoms with Crippen molar-refractivity contribution in [2.24, 2.45) is 0 Å². The molecule has 0 aromatic heterocycles. The lowest BCUT2D eigenvalue weighted by Gasteiger charge is -2.11. The zero-order valence-corrected chi connectivity index (χ0v) is 11.9. The number of rotatable bonds is 5. The standard InChI is InChI=1S/C13H15F4NOS/c1-8(20-2)5-6-18-12(19)10-7-9(13(15,16)17)3-4-11(10)14/h3-4,7-8H,5-6H2,1-2H3,(H,18,19). The quantitative estimate of drug-likeness (QED) is 0.840. The Bertz CT molecular complexity index is 476. The van der Waals surface area contributed by atoms with Crippen molar-refractivity contribution in [2.75, 3.05) is 12.8 Å². The van der Waals surface area contributed by atoms with Crippen molar-refractivity contribution < 1.29 is 22.4 Å². The molecule has 112 valence electrons. The first-order valence-electron chi connectivity index (χ1n) is 5.93. The van der Waals surface area contributed by atoms with Gasteiger partial charge in [-0.05, 0) is 30.9 Å². The summed E-state index contributed by atoms with van der Waals surface area (Å²) in [5, 5.41) is 2.73. The average molecular weight is 309 g/mol. The number of alkyl halides is 3. The maximum absolute atomic E-state index is 13.4. The summed E-state index contributed by atoms with van der Waals surface area (Å²) in [6.45, 7) is 2.25. The average Bonchev–Trinajstić information content (AvgIpc) is 2.37. The van der Waals surface area contributed by atoms with Crippen molar-refractivity contribution in [2.45, 2.75) is 24.8 Å². The Morgan fingerprint density at radius 3 is 2.60 bits per heavy atom. The third-order valence-electron chi connectivity index (χ3n) is 2.78. The van der Waals surface area contributed by atoms with Crippen LogP contribution in [-0.4, -0.2) is 24.0 Å². The number of nitrogens with one attached hydrogen (secondary N) is 1. The van der Waals surface area contributed by atoms with Gasteiger partial charge in [0.2, 0.25) is 0 Å². The molecule has 0 radical (unpaired) electrons. The molecular formula is C13H15F4NOS. The summed E-state index contributed by atoms with van der Waals surface area (Å²) in [5.41, 5.74) is -1.63. The van der Waals surface area contributed by atoms with Crippen LogP contribution in [0.4, 0.5) is 17.6 Å². The largest absolute Gasteiger partial charge is 0.416 e. The Balaban J connectivity index is 2.77. The van der Waals surface area contributed by atoms with E-state index in [2.05, 4.69) is 5.32 Å². The predicted molar refractivity (Wildman–Crippen MR) is 71.3 cm³/mol. The minimum Gasteiger partial charge on any atom is -0.352 e. The second-order valence-electron chi connectivity index (χ2n) is 4.28. The number of hydrogen-bond donors (Lipinski definition) is 1. The van der Waals surface area contributed by atoms with Crippen LogP contribution < -0.4 is 5.32 Å². The zero-order chi connectivity index (χ0) is 15.3. The lowest BCUT2D eigenvalue weighted by molar-refractivity contribution is -0.137. The summed E-state index contributed by atoms with van der Waals surface area (Å²) < 4.78 is 51.0. The van der Waals surface area contributed by atoms with Crippen LogP contribution in [0.15, 0.2) is 18.2 Å². The lowest BCUT2D eigenvalue weighted by atomic mass is 10.1. The fraction of sp³-hybridized carbons (Fsp3) is 0.462. The molecule has 7 heteroatoms. The third-order valence-corrected chi connectivity index (χ3v) is 3.82. The Kier molecular flexibility index (Phi) is 5.86. The molecule has 1 unspecified atom stereocenters. The number of thioether (sulfide) groups is 1. The Labute approximate surface area is 118 Å². The smallest absolute Gasteiger partial charge is 0.352 e. The SMILES string of the molecule is CSC(C)CCNC(=O)c1cc(C(F)(F)F)ccc1F. The molecule has 2 nitrogen and oxygen atoms in total. The highest BCUT2D eigenvalue weighted by Crippen LogP contribution is 2.30. The molecular weight excluding hydrogens is 294 g/mol. The van der Waals surface area contributed by atoms with E-state index in [-0.39, 0.29) is 6.54 Å². The molecule has 0 aliphatic heterocycles. The first-order chi connectivity index (χ1) is 9.25. The summed E-state index contributed by atoms with van der Waals surface area (Å²) in [6.07, 6.45) is -2.03. The van der Waals surface area contributed by atoms with E-state index in [0.29, 0.717) is 29.9 Å². The molecule has 0 heterocycles. The Hall–Kier alpha value is -1.24. The monoisotopic (exact) mass is 309 g/mol. The molecule has 0 aliphatic rings. The summed E-state index contributed by atoms with van der Waals surface area (Å²) in [6, 6.07) is 1.80. The van der Waals surface area contributed by atoms with E-state index in [1.807, 2.05) is 13.2 Å². The number of carbonyl (C=O) groups excluding carboxylic acids is 1. The molecule has 0 fully saturated rings. The molecule has 1 aromatic rings. The van der Waals surface area contributed by atoms with E-state index < -0.39 is 29.0 Å². The van der Waals surface area contributed by atoms with E-state index in [9.17, 15) is 22.4 Å². The van der Waals surface area contributed by atoms with Gasteiger partial charge >= 0.3 is 6.18 Å². The van der Waals surface area contributed by atoms with E-state index in [1.54, 1.807) is 11.8 Å². The first-order valence-corrected chi connectivity index (χ1v) is 7.22. The van der Waals surface area contributed by atoms with Crippen molar-refractivity contribution in [1.29, 1.82) is 0 Å². The van der Waals surface area contributed by atoms with Crippen molar-refractivity contribution in [3.63, 3.8) is 0 Å². The molecule has 1 atom stereocenters. The predicted octanol–water partition coefficient (Wildman–Crippen LogP) is 3.72. The van der Waals surface area contributed by atoms with Crippen LogP contribution >= 0.6 is 11.8 Å². The number of amides is 1. The van der Waals surface area contributed by atoms with Crippen LogP contribution in [0.25, 0.3) is 0 Å². The van der Waals surface area contributed by atoms with Crippen molar-refractivity contribution >= 4 is 17.7 Å². The topological polar surface area (TPSA) is 29.1 Å². The Morgan fingerprint density at radius 2 is 2.05 bits per heavy atom. The van der Waals surface area contributed by atoms with Gasteiger partial charge in [-0.2, -0.15) is 24.9 Å². The maximum atomic E-state index is 13.4. The lowest BCUT2D eigenvalue weighted by Crippen LogP contribution is -2.27. The summed E-state index contributed by atoms with van der Waals surface area (Å²) in [4.78, 5) is 11.7. The van der Waals surface area contributed by atoms with Gasteiger partial charge in [0.1, 0.15) is 5.82 Å². The highest BCUT2D eigenvalue weighted by Gasteiger charge is 2.31. The van der Waals surface area contributed by atoms with Crippen LogP contribution in [0.3, 0.4) is 0 Å². The van der Waals surface area contributed by atoms with Crippen LogP contribution in [0.5, 0.6) is 0 Å². The molecule has 0 spiro atoms. The molecule has 1 N–H and O–H groups in total. The van der Waals surface area contributed by atoms with Gasteiger partial charge in [-0.15, -0.1) is 0 Å². The van der Waals surface area contributed by atoms with Gasteiger partial charge < -0.3 is 5.32 Å². The number of carbonyl (C=O) groups is 1. The van der Waals surface area contributed by atoms with Crippen LogP contribution in [0.2, 0.25) is 0 Å². The van der Waals surface area contributed by atoms with E-state index in [0.717, 1.165) is 0 Å². The minimum atomic E-state index is -4.60. The third kappa shape index (κ3) is 4.70. The second kappa shape index (κ2) is 6.97. The zero-order valence-electron chi connectivity index (χ0n) is 11.1. The summed E-state index contributed by atoms with van der Waals surface area (Å²) in [5.74, 6) is -1.80. The van der Waals surface area contributed by atoms with E-state index in [1.165, 1.54) is 0 Å². The highest BCUT2D eigenvalue weighted by molar-refractivity contribution is 7.99. The first kappa shape index (κ1) is 16.8. The normalized spacial score (nSPS) is 13.1. The van der Waals surface area contributed by atoms with Gasteiger partial charge in [0.05, 0.1) is 11.1 Å². The minimum absolute atomic E-state index is 0.288. The molecule has 0 saturated carbocycles. The molecule has 1 aromatic carbocycles. The number of halogens is 4. The molecule has 0 aliphatic carbocycles. The summed E-state index contributed by atoms with van der Waals surface area (Å²) in [7, 11) is 0.